The second-order valence-electron chi connectivity index (χ2n) is 5.14. The number of fused-ring (bicyclic) bond motifs is 1. The standard InChI is InChI=1S/C16H16N4O/c1-2-15(20-5-7-21-8-6-20)18-10-13(1)14-9-12-3-4-17-16(12)19-11-14/h1-4,9-11H,5-8H2,(H,17,19). The molecule has 4 heterocycles. The average molecular weight is 280 g/mol. The highest BCUT2D eigenvalue weighted by Crippen LogP contribution is 2.23. The van der Waals surface area contributed by atoms with Crippen LogP contribution in [-0.4, -0.2) is 41.3 Å². The van der Waals surface area contributed by atoms with Crippen LogP contribution in [0.2, 0.25) is 0 Å². The van der Waals surface area contributed by atoms with Crippen molar-refractivity contribution in [2.75, 3.05) is 31.2 Å². The minimum absolute atomic E-state index is 0.775. The molecule has 0 aromatic carbocycles. The molecule has 21 heavy (non-hydrogen) atoms. The van der Waals surface area contributed by atoms with E-state index in [0.717, 1.165) is 54.3 Å². The molecule has 0 spiro atoms. The highest BCUT2D eigenvalue weighted by atomic mass is 16.5. The van der Waals surface area contributed by atoms with Crippen LogP contribution in [0.15, 0.2) is 42.9 Å². The van der Waals surface area contributed by atoms with Gasteiger partial charge in [-0.2, -0.15) is 0 Å². The second kappa shape index (κ2) is 5.18. The van der Waals surface area contributed by atoms with Gasteiger partial charge in [0, 0.05) is 48.2 Å². The number of rotatable bonds is 2. The summed E-state index contributed by atoms with van der Waals surface area (Å²) in [5.74, 6) is 1.01. The number of morpholine rings is 1. The maximum Gasteiger partial charge on any atom is 0.137 e. The van der Waals surface area contributed by atoms with Gasteiger partial charge in [0.05, 0.1) is 13.2 Å². The van der Waals surface area contributed by atoms with Gasteiger partial charge in [0.1, 0.15) is 11.5 Å². The number of nitrogens with zero attached hydrogens (tertiary/aromatic N) is 3. The SMILES string of the molecule is c1cc2cc(-c3ccc(N4CCOCC4)nc3)cnc2[nH]1. The van der Waals surface area contributed by atoms with Crippen molar-refractivity contribution in [1.82, 2.24) is 15.0 Å². The van der Waals surface area contributed by atoms with Crippen LogP contribution in [0.4, 0.5) is 5.82 Å². The molecule has 1 aliphatic rings. The summed E-state index contributed by atoms with van der Waals surface area (Å²) < 4.78 is 5.37. The van der Waals surface area contributed by atoms with Crippen LogP contribution in [0.1, 0.15) is 0 Å². The monoisotopic (exact) mass is 280 g/mol. The number of anilines is 1. The highest BCUT2D eigenvalue weighted by molar-refractivity contribution is 5.81. The molecule has 0 unspecified atom stereocenters. The van der Waals surface area contributed by atoms with E-state index in [1.807, 2.05) is 24.7 Å². The van der Waals surface area contributed by atoms with E-state index in [0.29, 0.717) is 0 Å². The van der Waals surface area contributed by atoms with E-state index >= 15 is 0 Å². The summed E-state index contributed by atoms with van der Waals surface area (Å²) in [6.45, 7) is 3.36. The van der Waals surface area contributed by atoms with E-state index in [4.69, 9.17) is 4.74 Å². The molecule has 5 nitrogen and oxygen atoms in total. The summed E-state index contributed by atoms with van der Waals surface area (Å²) in [4.78, 5) is 14.4. The van der Waals surface area contributed by atoms with Crippen molar-refractivity contribution in [3.05, 3.63) is 42.9 Å². The largest absolute Gasteiger partial charge is 0.378 e. The summed E-state index contributed by atoms with van der Waals surface area (Å²) >= 11 is 0. The van der Waals surface area contributed by atoms with Crippen LogP contribution in [-0.2, 0) is 4.74 Å². The first kappa shape index (κ1) is 12.3. The lowest BCUT2D eigenvalue weighted by atomic mass is 10.1. The number of hydrogen-bond donors (Lipinski definition) is 1. The molecule has 0 saturated carbocycles. The lowest BCUT2D eigenvalue weighted by Crippen LogP contribution is -2.36. The van der Waals surface area contributed by atoms with Gasteiger partial charge >= 0.3 is 0 Å². The fourth-order valence-corrected chi connectivity index (χ4v) is 2.63. The van der Waals surface area contributed by atoms with E-state index in [1.165, 1.54) is 0 Å². The molecule has 5 heteroatoms. The molecule has 3 aromatic heterocycles. The third-order valence-electron chi connectivity index (χ3n) is 3.82. The number of aromatic nitrogens is 3. The molecule has 106 valence electrons. The quantitative estimate of drug-likeness (QED) is 0.783. The fraction of sp³-hybridized carbons (Fsp3) is 0.250. The molecule has 0 amide bonds. The summed E-state index contributed by atoms with van der Waals surface area (Å²) in [6, 6.07) is 8.33. The second-order valence-corrected chi connectivity index (χ2v) is 5.14. The van der Waals surface area contributed by atoms with Gasteiger partial charge in [-0.25, -0.2) is 9.97 Å². The van der Waals surface area contributed by atoms with E-state index in [2.05, 4.69) is 38.1 Å². The van der Waals surface area contributed by atoms with Gasteiger partial charge in [-0.05, 0) is 24.3 Å². The van der Waals surface area contributed by atoms with Crippen molar-refractivity contribution in [1.29, 1.82) is 0 Å². The number of ether oxygens (including phenoxy) is 1. The Balaban J connectivity index is 1.62. The smallest absolute Gasteiger partial charge is 0.137 e. The Morgan fingerprint density at radius 1 is 1.00 bits per heavy atom. The van der Waals surface area contributed by atoms with Gasteiger partial charge in [0.15, 0.2) is 0 Å². The van der Waals surface area contributed by atoms with Crippen LogP contribution >= 0.6 is 0 Å². The zero-order valence-corrected chi connectivity index (χ0v) is 11.6. The minimum atomic E-state index is 0.775. The molecule has 1 aliphatic heterocycles. The van der Waals surface area contributed by atoms with E-state index in [1.54, 1.807) is 0 Å². The Kier molecular flexibility index (Phi) is 3.05. The lowest BCUT2D eigenvalue weighted by molar-refractivity contribution is 0.122. The maximum absolute atomic E-state index is 5.37. The van der Waals surface area contributed by atoms with E-state index in [9.17, 15) is 0 Å². The van der Waals surface area contributed by atoms with Crippen molar-refractivity contribution < 1.29 is 4.74 Å². The summed E-state index contributed by atoms with van der Waals surface area (Å²) in [6.07, 6.45) is 5.70. The average Bonchev–Trinajstić information content (AvgIpc) is 3.03. The van der Waals surface area contributed by atoms with Crippen LogP contribution in [0, 0.1) is 0 Å². The molecule has 1 saturated heterocycles. The predicted octanol–water partition coefficient (Wildman–Crippen LogP) is 2.46. The molecule has 0 aliphatic carbocycles. The van der Waals surface area contributed by atoms with Crippen molar-refractivity contribution in [3.8, 4) is 11.1 Å². The Morgan fingerprint density at radius 3 is 2.67 bits per heavy atom. The first-order valence-electron chi connectivity index (χ1n) is 7.12. The van der Waals surface area contributed by atoms with Gasteiger partial charge < -0.3 is 14.6 Å². The van der Waals surface area contributed by atoms with Crippen molar-refractivity contribution in [3.63, 3.8) is 0 Å². The Hall–Kier alpha value is -2.40. The normalized spacial score (nSPS) is 15.5. The molecule has 1 N–H and O–H groups in total. The zero-order valence-electron chi connectivity index (χ0n) is 11.6. The van der Waals surface area contributed by atoms with Crippen molar-refractivity contribution in [2.24, 2.45) is 0 Å². The fourth-order valence-electron chi connectivity index (χ4n) is 2.63. The first-order chi connectivity index (χ1) is 10.4. The van der Waals surface area contributed by atoms with Gasteiger partial charge in [0.2, 0.25) is 0 Å². The summed E-state index contributed by atoms with van der Waals surface area (Å²) in [5, 5.41) is 1.12. The minimum Gasteiger partial charge on any atom is -0.378 e. The van der Waals surface area contributed by atoms with Gasteiger partial charge in [-0.15, -0.1) is 0 Å². The van der Waals surface area contributed by atoms with Crippen molar-refractivity contribution >= 4 is 16.9 Å². The molecule has 0 radical (unpaired) electrons. The molecule has 0 atom stereocenters. The molecule has 1 fully saturated rings. The first-order valence-corrected chi connectivity index (χ1v) is 7.12. The molecular formula is C16H16N4O. The molecule has 3 aromatic rings. The highest BCUT2D eigenvalue weighted by Gasteiger charge is 2.12. The van der Waals surface area contributed by atoms with Crippen LogP contribution in [0.5, 0.6) is 0 Å². The molecule has 0 bridgehead atoms. The lowest BCUT2D eigenvalue weighted by Gasteiger charge is -2.27. The topological polar surface area (TPSA) is 54.0 Å². The van der Waals surface area contributed by atoms with E-state index < -0.39 is 0 Å². The molecular weight excluding hydrogens is 264 g/mol. The third-order valence-corrected chi connectivity index (χ3v) is 3.82. The summed E-state index contributed by atoms with van der Waals surface area (Å²) in [5.41, 5.74) is 3.09. The van der Waals surface area contributed by atoms with Crippen LogP contribution in [0.3, 0.4) is 0 Å². The predicted molar refractivity (Wildman–Crippen MR) is 82.4 cm³/mol. The van der Waals surface area contributed by atoms with E-state index in [-0.39, 0.29) is 0 Å². The molecule has 4 rings (SSSR count). The van der Waals surface area contributed by atoms with Gasteiger partial charge in [0.25, 0.3) is 0 Å². The maximum atomic E-state index is 5.37. The zero-order chi connectivity index (χ0) is 14.1. The number of nitrogens with one attached hydrogen (secondary N) is 1. The van der Waals surface area contributed by atoms with Gasteiger partial charge in [-0.1, -0.05) is 0 Å². The number of pyridine rings is 2. The number of H-pyrrole nitrogens is 1. The van der Waals surface area contributed by atoms with Crippen LogP contribution in [0.25, 0.3) is 22.2 Å². The Morgan fingerprint density at radius 2 is 1.86 bits per heavy atom. The van der Waals surface area contributed by atoms with Gasteiger partial charge in [-0.3, -0.25) is 0 Å². The number of aromatic amines is 1. The Labute approximate surface area is 122 Å². The Bertz CT molecular complexity index is 744. The third kappa shape index (κ3) is 2.36. The number of hydrogen-bond acceptors (Lipinski definition) is 4. The van der Waals surface area contributed by atoms with Crippen LogP contribution < -0.4 is 4.90 Å². The van der Waals surface area contributed by atoms with Crippen molar-refractivity contribution in [2.45, 2.75) is 0 Å². The summed E-state index contributed by atoms with van der Waals surface area (Å²) in [7, 11) is 0.